The number of ether oxygens (including phenoxy) is 3. The molecule has 0 aliphatic carbocycles. The fourth-order valence-electron chi connectivity index (χ4n) is 4.14. The molecule has 41 heavy (non-hydrogen) atoms. The van der Waals surface area contributed by atoms with Crippen LogP contribution in [0.2, 0.25) is 0 Å². The largest absolute Gasteiger partial charge is 0.494 e. The Balaban J connectivity index is 0.00000588. The third-order valence-electron chi connectivity index (χ3n) is 6.50. The quantitative estimate of drug-likeness (QED) is 0.217. The second-order valence-corrected chi connectivity index (χ2v) is 11.9. The topological polar surface area (TPSA) is 102 Å². The van der Waals surface area contributed by atoms with Crippen molar-refractivity contribution in [1.82, 2.24) is 14.2 Å². The number of anilines is 1. The molecule has 13 heteroatoms. The van der Waals surface area contributed by atoms with Crippen LogP contribution in [0.25, 0.3) is 10.2 Å². The van der Waals surface area contributed by atoms with E-state index in [-0.39, 0.29) is 49.5 Å². The lowest BCUT2D eigenvalue weighted by Gasteiger charge is -2.25. The molecule has 0 fully saturated rings. The number of sulfonamides is 1. The van der Waals surface area contributed by atoms with E-state index in [0.717, 1.165) is 29.1 Å². The number of hydrogen-bond acceptors (Lipinski definition) is 9. The summed E-state index contributed by atoms with van der Waals surface area (Å²) in [5, 5.41) is 0.586. The van der Waals surface area contributed by atoms with Gasteiger partial charge in [0.25, 0.3) is 5.91 Å². The fraction of sp³-hybridized carbons (Fsp3) is 0.500. The van der Waals surface area contributed by atoms with Gasteiger partial charge < -0.3 is 19.1 Å². The summed E-state index contributed by atoms with van der Waals surface area (Å²) in [5.41, 5.74) is 1.17. The van der Waals surface area contributed by atoms with Crippen LogP contribution in [-0.4, -0.2) is 102 Å². The van der Waals surface area contributed by atoms with Crippen LogP contribution in [0.4, 0.5) is 5.13 Å². The van der Waals surface area contributed by atoms with Crippen LogP contribution < -0.4 is 9.64 Å². The van der Waals surface area contributed by atoms with Gasteiger partial charge in [0.1, 0.15) is 5.75 Å². The van der Waals surface area contributed by atoms with E-state index in [4.69, 9.17) is 19.2 Å². The summed E-state index contributed by atoms with van der Waals surface area (Å²) in [5.74, 6) is 0.517. The summed E-state index contributed by atoms with van der Waals surface area (Å²) in [7, 11) is -0.746. The molecule has 0 aliphatic heterocycles. The molecule has 0 N–H and O–H groups in total. The Morgan fingerprint density at radius 1 is 0.902 bits per heavy atom. The van der Waals surface area contributed by atoms with E-state index in [1.165, 1.54) is 42.0 Å². The SMILES string of the molecule is CCOc1ccc2nc(N(CCN(CC)CC)C(=O)c3ccc(S(=O)(=O)N(CCOC)CCOC)cc3)sc2c1.Cl. The highest BCUT2D eigenvalue weighted by Gasteiger charge is 2.26. The average Bonchev–Trinajstić information content (AvgIpc) is 3.38. The molecular formula is C28H41ClN4O6S2. The third-order valence-corrected chi connectivity index (χ3v) is 9.45. The number of rotatable bonds is 17. The van der Waals surface area contributed by atoms with Gasteiger partial charge in [-0.3, -0.25) is 9.69 Å². The zero-order chi connectivity index (χ0) is 29.1. The summed E-state index contributed by atoms with van der Waals surface area (Å²) in [6, 6.07) is 11.8. The van der Waals surface area contributed by atoms with Crippen LogP contribution in [0.1, 0.15) is 31.1 Å². The van der Waals surface area contributed by atoms with Crippen LogP contribution in [0.15, 0.2) is 47.4 Å². The molecular weight excluding hydrogens is 588 g/mol. The molecule has 0 saturated heterocycles. The molecule has 0 saturated carbocycles. The zero-order valence-electron chi connectivity index (χ0n) is 24.4. The molecule has 2 aromatic carbocycles. The molecule has 1 amide bonds. The van der Waals surface area contributed by atoms with Gasteiger partial charge in [0.15, 0.2) is 5.13 Å². The Kier molecular flexibility index (Phi) is 14.4. The Morgan fingerprint density at radius 2 is 1.54 bits per heavy atom. The third kappa shape index (κ3) is 9.08. The van der Waals surface area contributed by atoms with E-state index >= 15 is 0 Å². The van der Waals surface area contributed by atoms with Gasteiger partial charge in [0.05, 0.1) is 34.9 Å². The van der Waals surface area contributed by atoms with Crippen LogP contribution in [0, 0.1) is 0 Å². The highest BCUT2D eigenvalue weighted by molar-refractivity contribution is 7.89. The maximum atomic E-state index is 13.8. The van der Waals surface area contributed by atoms with Gasteiger partial charge in [0.2, 0.25) is 10.0 Å². The smallest absolute Gasteiger partial charge is 0.260 e. The summed E-state index contributed by atoms with van der Waals surface area (Å²) in [6.45, 7) is 10.4. The van der Waals surface area contributed by atoms with E-state index < -0.39 is 10.0 Å². The molecule has 3 rings (SSSR count). The number of aromatic nitrogens is 1. The normalized spacial score (nSPS) is 11.7. The highest BCUT2D eigenvalue weighted by atomic mass is 35.5. The monoisotopic (exact) mass is 628 g/mol. The van der Waals surface area contributed by atoms with Gasteiger partial charge in [-0.1, -0.05) is 25.2 Å². The van der Waals surface area contributed by atoms with Crippen molar-refractivity contribution in [3.63, 3.8) is 0 Å². The predicted molar refractivity (Wildman–Crippen MR) is 166 cm³/mol. The van der Waals surface area contributed by atoms with E-state index in [1.54, 1.807) is 17.0 Å². The Hall–Kier alpha value is -2.32. The van der Waals surface area contributed by atoms with Gasteiger partial charge in [-0.15, -0.1) is 12.4 Å². The lowest BCUT2D eigenvalue weighted by Crippen LogP contribution is -2.39. The first-order chi connectivity index (χ1) is 19.3. The number of fused-ring (bicyclic) bond motifs is 1. The van der Waals surface area contributed by atoms with Gasteiger partial charge in [-0.25, -0.2) is 13.4 Å². The van der Waals surface area contributed by atoms with E-state index in [9.17, 15) is 13.2 Å². The Bertz CT molecular complexity index is 1330. The maximum absolute atomic E-state index is 13.8. The number of thiazole rings is 1. The lowest BCUT2D eigenvalue weighted by molar-refractivity contribution is 0.0983. The first kappa shape index (κ1) is 34.9. The number of methoxy groups -OCH3 is 2. The number of hydrogen-bond donors (Lipinski definition) is 0. The second kappa shape index (κ2) is 17.0. The number of carbonyl (C=O) groups excluding carboxylic acids is 1. The molecule has 0 spiro atoms. The van der Waals surface area contributed by atoms with Crippen molar-refractivity contribution < 1.29 is 27.4 Å². The molecule has 0 unspecified atom stereocenters. The molecule has 10 nitrogen and oxygen atoms in total. The van der Waals surface area contributed by atoms with E-state index in [1.807, 2.05) is 25.1 Å². The van der Waals surface area contributed by atoms with Crippen molar-refractivity contribution in [3.8, 4) is 5.75 Å². The zero-order valence-corrected chi connectivity index (χ0v) is 26.8. The van der Waals surface area contributed by atoms with Crippen LogP contribution in [-0.2, 0) is 19.5 Å². The molecule has 1 aromatic heterocycles. The van der Waals surface area contributed by atoms with Crippen LogP contribution in [0.5, 0.6) is 5.75 Å². The average molecular weight is 629 g/mol. The van der Waals surface area contributed by atoms with Crippen molar-refractivity contribution in [2.75, 3.05) is 78.2 Å². The Morgan fingerprint density at radius 3 is 2.10 bits per heavy atom. The van der Waals surface area contributed by atoms with Gasteiger partial charge >= 0.3 is 0 Å². The molecule has 0 bridgehead atoms. The first-order valence-corrected chi connectivity index (χ1v) is 15.7. The van der Waals surface area contributed by atoms with Crippen LogP contribution >= 0.6 is 23.7 Å². The summed E-state index contributed by atoms with van der Waals surface area (Å²) >= 11 is 1.43. The molecule has 1 heterocycles. The molecule has 0 radical (unpaired) electrons. The number of benzene rings is 2. The van der Waals surface area contributed by atoms with Crippen molar-refractivity contribution in [2.24, 2.45) is 0 Å². The number of carbonyl (C=O) groups is 1. The minimum absolute atomic E-state index is 0. The number of likely N-dealkylation sites (N-methyl/N-ethyl adjacent to an activating group) is 1. The first-order valence-electron chi connectivity index (χ1n) is 13.4. The minimum Gasteiger partial charge on any atom is -0.494 e. The number of amides is 1. The highest BCUT2D eigenvalue weighted by Crippen LogP contribution is 2.32. The van der Waals surface area contributed by atoms with E-state index in [2.05, 4.69) is 18.7 Å². The minimum atomic E-state index is -3.80. The van der Waals surface area contributed by atoms with E-state index in [0.29, 0.717) is 30.4 Å². The summed E-state index contributed by atoms with van der Waals surface area (Å²) in [6.07, 6.45) is 0. The van der Waals surface area contributed by atoms with Gasteiger partial charge in [-0.2, -0.15) is 4.31 Å². The maximum Gasteiger partial charge on any atom is 0.260 e. The number of nitrogens with zero attached hydrogens (tertiary/aromatic N) is 4. The van der Waals surface area contributed by atoms with Crippen molar-refractivity contribution in [3.05, 3.63) is 48.0 Å². The predicted octanol–water partition coefficient (Wildman–Crippen LogP) is 4.39. The second-order valence-electron chi connectivity index (χ2n) is 8.96. The number of halogens is 1. The summed E-state index contributed by atoms with van der Waals surface area (Å²) in [4.78, 5) is 22.6. The molecule has 3 aromatic rings. The van der Waals surface area contributed by atoms with Crippen molar-refractivity contribution in [2.45, 2.75) is 25.7 Å². The van der Waals surface area contributed by atoms with Crippen molar-refractivity contribution in [1.29, 1.82) is 0 Å². The Labute approximate surface area is 253 Å². The summed E-state index contributed by atoms with van der Waals surface area (Å²) < 4.78 is 44.6. The molecule has 228 valence electrons. The molecule has 0 atom stereocenters. The van der Waals surface area contributed by atoms with Crippen molar-refractivity contribution >= 4 is 55.0 Å². The fourth-order valence-corrected chi connectivity index (χ4v) is 6.57. The standard InChI is InChI=1S/C28H40N4O6S2.ClH/c1-6-30(7-2)15-16-32(28-29-25-14-11-23(38-8-3)21-26(25)39-28)27(33)22-9-12-24(13-10-22)40(34,35)31(17-19-36-4)18-20-37-5;/h9-14,21H,6-8,15-20H2,1-5H3;1H. The van der Waals surface area contributed by atoms with Gasteiger partial charge in [0, 0.05) is 46.0 Å². The lowest BCUT2D eigenvalue weighted by atomic mass is 10.2. The van der Waals surface area contributed by atoms with Crippen LogP contribution in [0.3, 0.4) is 0 Å². The molecule has 0 aliphatic rings. The van der Waals surface area contributed by atoms with Gasteiger partial charge in [-0.05, 0) is 62.5 Å².